The first-order valence-electron chi connectivity index (χ1n) is 11.8. The van der Waals surface area contributed by atoms with Gasteiger partial charge in [-0.1, -0.05) is 12.1 Å². The van der Waals surface area contributed by atoms with E-state index in [0.29, 0.717) is 30.2 Å². The lowest BCUT2D eigenvalue weighted by Gasteiger charge is -2.14. The van der Waals surface area contributed by atoms with E-state index in [0.717, 1.165) is 44.9 Å². The number of rotatable bonds is 10. The van der Waals surface area contributed by atoms with E-state index in [-0.39, 0.29) is 12.3 Å². The van der Waals surface area contributed by atoms with Crippen LogP contribution in [-0.4, -0.2) is 39.3 Å². The van der Waals surface area contributed by atoms with Crippen molar-refractivity contribution in [3.05, 3.63) is 82.7 Å². The fourth-order valence-corrected chi connectivity index (χ4v) is 4.56. The first-order chi connectivity index (χ1) is 17.5. The molecular formula is C29H32N2O5. The Morgan fingerprint density at radius 2 is 1.69 bits per heavy atom. The van der Waals surface area contributed by atoms with Crippen molar-refractivity contribution in [2.24, 2.45) is 0 Å². The molecule has 0 saturated heterocycles. The number of hydrogen-bond acceptors (Lipinski definition) is 5. The van der Waals surface area contributed by atoms with Gasteiger partial charge in [-0.3, -0.25) is 4.79 Å². The van der Waals surface area contributed by atoms with E-state index in [1.165, 1.54) is 0 Å². The van der Waals surface area contributed by atoms with E-state index in [9.17, 15) is 4.79 Å². The molecule has 188 valence electrons. The fourth-order valence-electron chi connectivity index (χ4n) is 4.56. The maximum Gasteiger partial charge on any atom is 0.224 e. The van der Waals surface area contributed by atoms with Gasteiger partial charge in [-0.25, -0.2) is 0 Å². The van der Waals surface area contributed by atoms with Gasteiger partial charge >= 0.3 is 0 Å². The van der Waals surface area contributed by atoms with Gasteiger partial charge < -0.3 is 29.2 Å². The summed E-state index contributed by atoms with van der Waals surface area (Å²) in [6.07, 6.45) is 4.97. The molecule has 1 heterocycles. The molecule has 0 aliphatic heterocycles. The van der Waals surface area contributed by atoms with E-state index in [4.69, 9.17) is 18.9 Å². The van der Waals surface area contributed by atoms with Crippen molar-refractivity contribution in [2.75, 3.05) is 28.4 Å². The third-order valence-electron chi connectivity index (χ3n) is 6.44. The van der Waals surface area contributed by atoms with Crippen LogP contribution in [0.3, 0.4) is 0 Å². The van der Waals surface area contributed by atoms with Crippen molar-refractivity contribution >= 4 is 17.1 Å². The van der Waals surface area contributed by atoms with Crippen molar-refractivity contribution in [1.29, 1.82) is 0 Å². The summed E-state index contributed by atoms with van der Waals surface area (Å²) in [7, 11) is 6.47. The zero-order chi connectivity index (χ0) is 25.7. The van der Waals surface area contributed by atoms with Crippen LogP contribution in [0.1, 0.15) is 35.7 Å². The molecule has 1 aromatic heterocycles. The first kappa shape index (κ1) is 25.0. The van der Waals surface area contributed by atoms with E-state index in [2.05, 4.69) is 29.4 Å². The Hall–Kier alpha value is -4.13. The minimum absolute atomic E-state index is 0.0291. The van der Waals surface area contributed by atoms with Gasteiger partial charge in [-0.05, 0) is 83.2 Å². The van der Waals surface area contributed by atoms with Crippen LogP contribution in [0.5, 0.6) is 23.0 Å². The topological polar surface area (TPSA) is 81.8 Å². The largest absolute Gasteiger partial charge is 0.497 e. The van der Waals surface area contributed by atoms with Gasteiger partial charge in [0.1, 0.15) is 5.75 Å². The predicted molar refractivity (Wildman–Crippen MR) is 141 cm³/mol. The summed E-state index contributed by atoms with van der Waals surface area (Å²) in [6, 6.07) is 13.8. The maximum absolute atomic E-state index is 12.8. The Labute approximate surface area is 211 Å². The molecule has 36 heavy (non-hydrogen) atoms. The Bertz CT molecular complexity index is 1280. The summed E-state index contributed by atoms with van der Waals surface area (Å²) < 4.78 is 21.9. The molecule has 0 fully saturated rings. The molecule has 0 bridgehead atoms. The lowest BCUT2D eigenvalue weighted by atomic mass is 10.00. The van der Waals surface area contributed by atoms with Crippen LogP contribution in [0.15, 0.2) is 60.3 Å². The summed E-state index contributed by atoms with van der Waals surface area (Å²) in [6.45, 7) is 2.54. The summed E-state index contributed by atoms with van der Waals surface area (Å²) in [5, 5.41) is 3.01. The molecule has 2 aromatic carbocycles. The number of fused-ring (bicyclic) bond motifs is 1. The molecule has 3 aromatic rings. The van der Waals surface area contributed by atoms with Gasteiger partial charge in [0.05, 0.1) is 41.4 Å². The average molecular weight is 489 g/mol. The average Bonchev–Trinajstić information content (AvgIpc) is 3.51. The standard InChI is InChI=1S/C29H32N2O5/c1-18-22(10-8-19-13-26(34-3)29(36-5)27(14-19)35-4)23-11-9-21(33-2)15-25(23)24(18)16-28(32)31-17-20-7-6-12-30-20/h6-7,9-15,30H,8,16-17H2,1-5H3,(H,31,32)/b22-10-. The van der Waals surface area contributed by atoms with E-state index in [1.807, 2.05) is 42.6 Å². The molecule has 7 nitrogen and oxygen atoms in total. The predicted octanol–water partition coefficient (Wildman–Crippen LogP) is 5.17. The maximum atomic E-state index is 12.8. The van der Waals surface area contributed by atoms with Gasteiger partial charge in [0.15, 0.2) is 11.5 Å². The second-order valence-corrected chi connectivity index (χ2v) is 8.52. The highest BCUT2D eigenvalue weighted by atomic mass is 16.5. The number of nitrogens with one attached hydrogen (secondary N) is 2. The van der Waals surface area contributed by atoms with Gasteiger partial charge in [-0.15, -0.1) is 0 Å². The van der Waals surface area contributed by atoms with Crippen molar-refractivity contribution < 1.29 is 23.7 Å². The van der Waals surface area contributed by atoms with E-state index in [1.54, 1.807) is 28.4 Å². The van der Waals surface area contributed by atoms with Gasteiger partial charge in [0.25, 0.3) is 0 Å². The van der Waals surface area contributed by atoms with Crippen molar-refractivity contribution in [3.8, 4) is 23.0 Å². The molecule has 1 amide bonds. The number of carbonyl (C=O) groups excluding carboxylic acids is 1. The number of H-pyrrole nitrogens is 1. The number of benzene rings is 2. The normalized spacial score (nSPS) is 13.5. The summed E-state index contributed by atoms with van der Waals surface area (Å²) in [4.78, 5) is 16.0. The monoisotopic (exact) mass is 488 g/mol. The van der Waals surface area contributed by atoms with Gasteiger partial charge in [-0.2, -0.15) is 0 Å². The molecule has 0 atom stereocenters. The van der Waals surface area contributed by atoms with Crippen LogP contribution >= 0.6 is 0 Å². The highest BCUT2D eigenvalue weighted by Gasteiger charge is 2.26. The Morgan fingerprint density at radius 1 is 0.944 bits per heavy atom. The smallest absolute Gasteiger partial charge is 0.224 e. The number of ether oxygens (including phenoxy) is 4. The van der Waals surface area contributed by atoms with Gasteiger partial charge in [0, 0.05) is 11.9 Å². The lowest BCUT2D eigenvalue weighted by Crippen LogP contribution is -2.22. The van der Waals surface area contributed by atoms with Gasteiger partial charge in [0.2, 0.25) is 11.7 Å². The van der Waals surface area contributed by atoms with Crippen LogP contribution in [-0.2, 0) is 17.8 Å². The molecule has 0 spiro atoms. The van der Waals surface area contributed by atoms with Crippen molar-refractivity contribution in [1.82, 2.24) is 10.3 Å². The summed E-state index contributed by atoms with van der Waals surface area (Å²) in [5.74, 6) is 2.54. The number of hydrogen-bond donors (Lipinski definition) is 2. The number of carbonyl (C=O) groups is 1. The molecule has 2 N–H and O–H groups in total. The molecule has 7 heteroatoms. The van der Waals surface area contributed by atoms with Crippen LogP contribution in [0.2, 0.25) is 0 Å². The highest BCUT2D eigenvalue weighted by Crippen LogP contribution is 2.44. The van der Waals surface area contributed by atoms with E-state index >= 15 is 0 Å². The first-order valence-corrected chi connectivity index (χ1v) is 11.8. The zero-order valence-electron chi connectivity index (χ0n) is 21.4. The Morgan fingerprint density at radius 3 is 2.31 bits per heavy atom. The molecule has 0 saturated carbocycles. The Kier molecular flexibility index (Phi) is 7.68. The zero-order valence-corrected chi connectivity index (χ0v) is 21.4. The molecular weight excluding hydrogens is 456 g/mol. The Balaban J connectivity index is 1.64. The van der Waals surface area contributed by atoms with Crippen LogP contribution in [0, 0.1) is 0 Å². The van der Waals surface area contributed by atoms with Crippen molar-refractivity contribution in [2.45, 2.75) is 26.3 Å². The third-order valence-corrected chi connectivity index (χ3v) is 6.44. The molecule has 1 aliphatic carbocycles. The number of methoxy groups -OCH3 is 4. The molecule has 4 rings (SSSR count). The molecule has 0 unspecified atom stereocenters. The second-order valence-electron chi connectivity index (χ2n) is 8.52. The second kappa shape index (κ2) is 11.1. The number of amides is 1. The van der Waals surface area contributed by atoms with Crippen molar-refractivity contribution in [3.63, 3.8) is 0 Å². The third kappa shape index (κ3) is 5.10. The molecule has 1 aliphatic rings. The number of allylic oxidation sites excluding steroid dienone is 3. The molecule has 0 radical (unpaired) electrons. The minimum atomic E-state index is -0.0291. The lowest BCUT2D eigenvalue weighted by molar-refractivity contribution is -0.120. The highest BCUT2D eigenvalue weighted by molar-refractivity contribution is 6.04. The van der Waals surface area contributed by atoms with Crippen LogP contribution in [0.4, 0.5) is 0 Å². The summed E-state index contributed by atoms with van der Waals surface area (Å²) >= 11 is 0. The quantitative estimate of drug-likeness (QED) is 0.412. The van der Waals surface area contributed by atoms with Crippen LogP contribution in [0.25, 0.3) is 11.1 Å². The van der Waals surface area contributed by atoms with E-state index < -0.39 is 0 Å². The summed E-state index contributed by atoms with van der Waals surface area (Å²) in [5.41, 5.74) is 7.30. The fraction of sp³-hybridized carbons (Fsp3) is 0.276. The van der Waals surface area contributed by atoms with Crippen LogP contribution < -0.4 is 24.3 Å². The minimum Gasteiger partial charge on any atom is -0.497 e. The number of aromatic amines is 1. The SMILES string of the molecule is COc1ccc2c(c1)C(CC(=O)NCc1ccc[nH]1)=C(C)/C2=C/Cc1cc(OC)c(OC)c(OC)c1. The number of aromatic nitrogens is 1.